The molecular formula is C7H10O2. The van der Waals surface area contributed by atoms with Crippen molar-refractivity contribution in [2.45, 2.75) is 6.92 Å². The second kappa shape index (κ2) is 3.17. The highest BCUT2D eigenvalue weighted by Gasteiger charge is 1.94. The first-order valence-corrected chi connectivity index (χ1v) is 3.04. The molecule has 9 heavy (non-hydrogen) atoms. The maximum absolute atomic E-state index is 5.13. The molecule has 0 fully saturated rings. The monoisotopic (exact) mass is 126 g/mol. The molecule has 0 aliphatic carbocycles. The molecule has 1 heterocycles. The van der Waals surface area contributed by atoms with E-state index in [4.69, 9.17) is 9.47 Å². The summed E-state index contributed by atoms with van der Waals surface area (Å²) in [6, 6.07) is 0. The van der Waals surface area contributed by atoms with E-state index in [9.17, 15) is 0 Å². The van der Waals surface area contributed by atoms with Gasteiger partial charge in [0, 0.05) is 0 Å². The van der Waals surface area contributed by atoms with Gasteiger partial charge in [-0.15, -0.1) is 0 Å². The Morgan fingerprint density at radius 1 is 1.78 bits per heavy atom. The van der Waals surface area contributed by atoms with Gasteiger partial charge in [0.1, 0.15) is 12.9 Å². The number of rotatable bonds is 2. The van der Waals surface area contributed by atoms with E-state index in [0.29, 0.717) is 13.2 Å². The number of hydrogen-bond donors (Lipinski definition) is 0. The lowest BCUT2D eigenvalue weighted by Crippen LogP contribution is -1.95. The molecule has 0 N–H and O–H groups in total. The molecular weight excluding hydrogens is 116 g/mol. The average Bonchev–Trinajstić information content (AvgIpc) is 1.91. The first-order chi connectivity index (χ1) is 4.43. The Morgan fingerprint density at radius 3 is 3.22 bits per heavy atom. The maximum Gasteiger partial charge on any atom is 0.153 e. The molecule has 0 aromatic rings. The van der Waals surface area contributed by atoms with Crippen LogP contribution < -0.4 is 0 Å². The Bertz CT molecular complexity index is 136. The molecule has 1 aliphatic rings. The fourth-order valence-electron chi connectivity index (χ4n) is 0.638. The van der Waals surface area contributed by atoms with Crippen LogP contribution in [0, 0.1) is 0 Å². The SMILES string of the molecule is CCOC1=COCC=C1. The molecule has 50 valence electrons. The number of allylic oxidation sites excluding steroid dienone is 1. The van der Waals surface area contributed by atoms with E-state index < -0.39 is 0 Å². The Hall–Kier alpha value is -0.920. The van der Waals surface area contributed by atoms with E-state index in [2.05, 4.69) is 0 Å². The van der Waals surface area contributed by atoms with Crippen LogP contribution in [0.4, 0.5) is 0 Å². The lowest BCUT2D eigenvalue weighted by atomic mass is 10.4. The lowest BCUT2D eigenvalue weighted by Gasteiger charge is -2.07. The summed E-state index contributed by atoms with van der Waals surface area (Å²) in [6.45, 7) is 3.30. The van der Waals surface area contributed by atoms with Gasteiger partial charge in [-0.25, -0.2) is 0 Å². The molecule has 1 rings (SSSR count). The summed E-state index contributed by atoms with van der Waals surface area (Å²) >= 11 is 0. The largest absolute Gasteiger partial charge is 0.493 e. The van der Waals surface area contributed by atoms with Crippen LogP contribution in [0.15, 0.2) is 24.2 Å². The molecule has 0 bridgehead atoms. The normalized spacial score (nSPS) is 16.3. The third-order valence-electron chi connectivity index (χ3n) is 0.985. The summed E-state index contributed by atoms with van der Waals surface area (Å²) in [6.07, 6.45) is 5.46. The fraction of sp³-hybridized carbons (Fsp3) is 0.429. The third kappa shape index (κ3) is 1.80. The van der Waals surface area contributed by atoms with Gasteiger partial charge in [0.25, 0.3) is 0 Å². The zero-order valence-corrected chi connectivity index (χ0v) is 5.46. The van der Waals surface area contributed by atoms with Crippen LogP contribution in [0.25, 0.3) is 0 Å². The van der Waals surface area contributed by atoms with Crippen LogP contribution in [0.2, 0.25) is 0 Å². The van der Waals surface area contributed by atoms with E-state index in [1.807, 2.05) is 19.1 Å². The molecule has 0 atom stereocenters. The first-order valence-electron chi connectivity index (χ1n) is 3.04. The molecule has 2 nitrogen and oxygen atoms in total. The average molecular weight is 126 g/mol. The smallest absolute Gasteiger partial charge is 0.153 e. The van der Waals surface area contributed by atoms with Crippen LogP contribution in [-0.4, -0.2) is 13.2 Å². The number of hydrogen-bond acceptors (Lipinski definition) is 2. The van der Waals surface area contributed by atoms with Gasteiger partial charge in [-0.05, 0) is 19.1 Å². The molecule has 0 unspecified atom stereocenters. The molecule has 2 heteroatoms. The third-order valence-corrected chi connectivity index (χ3v) is 0.985. The van der Waals surface area contributed by atoms with E-state index in [1.54, 1.807) is 6.26 Å². The Labute approximate surface area is 54.8 Å². The Kier molecular flexibility index (Phi) is 2.19. The van der Waals surface area contributed by atoms with E-state index >= 15 is 0 Å². The standard InChI is InChI=1S/C7H10O2/c1-2-9-7-4-3-5-8-6-7/h3-4,6H,2,5H2,1H3. The summed E-state index contributed by atoms with van der Waals surface area (Å²) < 4.78 is 10.1. The lowest BCUT2D eigenvalue weighted by molar-refractivity contribution is 0.200. The van der Waals surface area contributed by atoms with Gasteiger partial charge in [0.15, 0.2) is 5.76 Å². The minimum atomic E-state index is 0.663. The highest BCUT2D eigenvalue weighted by Crippen LogP contribution is 2.03. The van der Waals surface area contributed by atoms with E-state index in [-0.39, 0.29) is 0 Å². The van der Waals surface area contributed by atoms with Gasteiger partial charge in [-0.2, -0.15) is 0 Å². The first kappa shape index (κ1) is 6.20. The molecule has 0 spiro atoms. The summed E-state index contributed by atoms with van der Waals surface area (Å²) in [4.78, 5) is 0. The maximum atomic E-state index is 5.13. The van der Waals surface area contributed by atoms with Crippen LogP contribution in [0.5, 0.6) is 0 Å². The van der Waals surface area contributed by atoms with E-state index in [1.165, 1.54) is 0 Å². The van der Waals surface area contributed by atoms with Crippen molar-refractivity contribution in [1.29, 1.82) is 0 Å². The quantitative estimate of drug-likeness (QED) is 0.557. The topological polar surface area (TPSA) is 18.5 Å². The van der Waals surface area contributed by atoms with Crippen LogP contribution in [0.1, 0.15) is 6.92 Å². The van der Waals surface area contributed by atoms with E-state index in [0.717, 1.165) is 5.76 Å². The van der Waals surface area contributed by atoms with Crippen molar-refractivity contribution in [2.24, 2.45) is 0 Å². The molecule has 0 radical (unpaired) electrons. The van der Waals surface area contributed by atoms with Crippen molar-refractivity contribution < 1.29 is 9.47 Å². The van der Waals surface area contributed by atoms with Crippen molar-refractivity contribution in [3.63, 3.8) is 0 Å². The molecule has 1 aliphatic heterocycles. The summed E-state index contributed by atoms with van der Waals surface area (Å²) in [7, 11) is 0. The highest BCUT2D eigenvalue weighted by molar-refractivity contribution is 5.12. The number of ether oxygens (including phenoxy) is 2. The predicted molar refractivity (Wildman–Crippen MR) is 34.8 cm³/mol. The Morgan fingerprint density at radius 2 is 2.67 bits per heavy atom. The van der Waals surface area contributed by atoms with Crippen molar-refractivity contribution in [3.05, 3.63) is 24.2 Å². The zero-order chi connectivity index (χ0) is 6.53. The van der Waals surface area contributed by atoms with Gasteiger partial charge in [0.2, 0.25) is 0 Å². The van der Waals surface area contributed by atoms with Crippen LogP contribution in [-0.2, 0) is 9.47 Å². The molecule has 0 amide bonds. The molecule has 0 saturated heterocycles. The Balaban J connectivity index is 2.38. The van der Waals surface area contributed by atoms with Gasteiger partial charge in [-0.3, -0.25) is 0 Å². The fourth-order valence-corrected chi connectivity index (χ4v) is 0.638. The predicted octanol–water partition coefficient (Wildman–Crippen LogP) is 1.45. The van der Waals surface area contributed by atoms with Crippen molar-refractivity contribution in [2.75, 3.05) is 13.2 Å². The van der Waals surface area contributed by atoms with Crippen molar-refractivity contribution in [3.8, 4) is 0 Å². The van der Waals surface area contributed by atoms with Gasteiger partial charge in [0.05, 0.1) is 6.61 Å². The summed E-state index contributed by atoms with van der Waals surface area (Å²) in [5, 5.41) is 0. The minimum absolute atomic E-state index is 0.663. The summed E-state index contributed by atoms with van der Waals surface area (Å²) in [5.74, 6) is 0.809. The van der Waals surface area contributed by atoms with Gasteiger partial charge in [-0.1, -0.05) is 0 Å². The molecule has 0 saturated carbocycles. The van der Waals surface area contributed by atoms with Crippen molar-refractivity contribution >= 4 is 0 Å². The zero-order valence-electron chi connectivity index (χ0n) is 5.46. The second-order valence-electron chi connectivity index (χ2n) is 1.69. The van der Waals surface area contributed by atoms with Crippen LogP contribution >= 0.6 is 0 Å². The second-order valence-corrected chi connectivity index (χ2v) is 1.69. The molecule has 0 aromatic carbocycles. The minimum Gasteiger partial charge on any atom is -0.493 e. The summed E-state index contributed by atoms with van der Waals surface area (Å²) in [5.41, 5.74) is 0. The highest BCUT2D eigenvalue weighted by atomic mass is 16.5. The van der Waals surface area contributed by atoms with Crippen molar-refractivity contribution in [1.82, 2.24) is 0 Å². The molecule has 0 aromatic heterocycles. The van der Waals surface area contributed by atoms with Gasteiger partial charge < -0.3 is 9.47 Å². The van der Waals surface area contributed by atoms with Gasteiger partial charge >= 0.3 is 0 Å². The van der Waals surface area contributed by atoms with Crippen LogP contribution in [0.3, 0.4) is 0 Å².